The van der Waals surface area contributed by atoms with Gasteiger partial charge in [0.05, 0.1) is 9.49 Å². The van der Waals surface area contributed by atoms with Crippen molar-refractivity contribution in [1.29, 1.82) is 0 Å². The van der Waals surface area contributed by atoms with Crippen LogP contribution in [0.4, 0.5) is 0 Å². The van der Waals surface area contributed by atoms with Gasteiger partial charge in [-0.3, -0.25) is 0 Å². The van der Waals surface area contributed by atoms with Gasteiger partial charge in [0.2, 0.25) is 0 Å². The first-order valence-electron chi connectivity index (χ1n) is 9.20. The molecule has 0 spiro atoms. The standard InChI is InChI=1S/C24H20S2/c1-13-11-25-23(3)21(13)19-16-9-5-7-15-8-6-10-17(18(15)16)20(19)22-14(2)12-26-24(22,23)4/h5-12H,1-4H3. The second-order valence-electron chi connectivity index (χ2n) is 8.11. The Labute approximate surface area is 163 Å². The number of benzene rings is 2. The average molecular weight is 373 g/mol. The Morgan fingerprint density at radius 2 is 1.15 bits per heavy atom. The van der Waals surface area contributed by atoms with Gasteiger partial charge < -0.3 is 0 Å². The molecule has 0 bridgehead atoms. The van der Waals surface area contributed by atoms with Crippen LogP contribution in [-0.2, 0) is 0 Å². The van der Waals surface area contributed by atoms with Gasteiger partial charge in [-0.1, -0.05) is 36.4 Å². The van der Waals surface area contributed by atoms with E-state index in [4.69, 9.17) is 0 Å². The van der Waals surface area contributed by atoms with E-state index in [0.29, 0.717) is 0 Å². The van der Waals surface area contributed by atoms with Gasteiger partial charge in [-0.25, -0.2) is 0 Å². The third-order valence-corrected chi connectivity index (χ3v) is 10.0. The van der Waals surface area contributed by atoms with Crippen LogP contribution in [0.25, 0.3) is 21.9 Å². The van der Waals surface area contributed by atoms with Gasteiger partial charge in [-0.05, 0) is 93.8 Å². The largest absolute Gasteiger partial charge is 0.121 e. The van der Waals surface area contributed by atoms with E-state index in [1.807, 2.05) is 23.5 Å². The summed E-state index contributed by atoms with van der Waals surface area (Å²) in [7, 11) is 0. The topological polar surface area (TPSA) is 0 Å². The van der Waals surface area contributed by atoms with Crippen LogP contribution in [0.3, 0.4) is 0 Å². The molecule has 0 fully saturated rings. The Balaban J connectivity index is 1.88. The van der Waals surface area contributed by atoms with E-state index in [9.17, 15) is 0 Å². The molecule has 2 aromatic carbocycles. The summed E-state index contributed by atoms with van der Waals surface area (Å²) < 4.78 is 0.156. The van der Waals surface area contributed by atoms with Gasteiger partial charge in [0, 0.05) is 0 Å². The molecule has 0 nitrogen and oxygen atoms in total. The molecule has 0 amide bonds. The predicted molar refractivity (Wildman–Crippen MR) is 117 cm³/mol. The molecule has 2 aliphatic heterocycles. The van der Waals surface area contributed by atoms with Crippen LogP contribution in [0.15, 0.2) is 69.5 Å². The zero-order chi connectivity index (χ0) is 17.8. The molecule has 0 radical (unpaired) electrons. The molecule has 2 aliphatic carbocycles. The van der Waals surface area contributed by atoms with E-state index in [-0.39, 0.29) is 9.49 Å². The molecule has 2 atom stereocenters. The molecule has 128 valence electrons. The molecule has 2 aromatic rings. The first-order valence-corrected chi connectivity index (χ1v) is 11.0. The van der Waals surface area contributed by atoms with Crippen LogP contribution < -0.4 is 0 Å². The van der Waals surface area contributed by atoms with Gasteiger partial charge in [0.1, 0.15) is 0 Å². The maximum atomic E-state index is 2.46. The Hall–Kier alpha value is -1.64. The van der Waals surface area contributed by atoms with E-state index in [2.05, 4.69) is 74.9 Å². The van der Waals surface area contributed by atoms with Crippen molar-refractivity contribution in [3.05, 3.63) is 80.6 Å². The quantitative estimate of drug-likeness (QED) is 0.480. The highest BCUT2D eigenvalue weighted by atomic mass is 32.2. The maximum absolute atomic E-state index is 2.46. The van der Waals surface area contributed by atoms with Gasteiger partial charge in [0.15, 0.2) is 0 Å². The lowest BCUT2D eigenvalue weighted by Crippen LogP contribution is -2.47. The lowest BCUT2D eigenvalue weighted by Gasteiger charge is -2.47. The molecule has 26 heavy (non-hydrogen) atoms. The SMILES string of the molecule is CC1=CSC2(C)C1=C1C(=C3C(C)=CSC32C)c2cccc3cccc1c23. The number of fused-ring (bicyclic) bond motifs is 6. The normalized spacial score (nSPS) is 31.2. The van der Waals surface area contributed by atoms with Crippen molar-refractivity contribution in [3.8, 4) is 0 Å². The predicted octanol–water partition coefficient (Wildman–Crippen LogP) is 7.19. The number of hydrogen-bond acceptors (Lipinski definition) is 2. The summed E-state index contributed by atoms with van der Waals surface area (Å²) in [6.07, 6.45) is 0. The van der Waals surface area contributed by atoms with Crippen molar-refractivity contribution in [2.45, 2.75) is 37.2 Å². The molecule has 0 N–H and O–H groups in total. The third-order valence-electron chi connectivity index (χ3n) is 6.79. The van der Waals surface area contributed by atoms with Crippen LogP contribution >= 0.6 is 23.5 Å². The highest BCUT2D eigenvalue weighted by Gasteiger charge is 2.59. The van der Waals surface area contributed by atoms with Crippen LogP contribution in [0, 0.1) is 0 Å². The van der Waals surface area contributed by atoms with Crippen LogP contribution in [0.2, 0.25) is 0 Å². The fraction of sp³-hybridized carbons (Fsp3) is 0.250. The Bertz CT molecular complexity index is 1090. The van der Waals surface area contributed by atoms with Crippen LogP contribution in [0.1, 0.15) is 38.8 Å². The molecule has 2 heteroatoms. The molecule has 2 heterocycles. The van der Waals surface area contributed by atoms with E-state index in [0.717, 1.165) is 0 Å². The first kappa shape index (κ1) is 15.4. The molecule has 6 rings (SSSR count). The summed E-state index contributed by atoms with van der Waals surface area (Å²) >= 11 is 4.05. The Morgan fingerprint density at radius 1 is 0.692 bits per heavy atom. The third kappa shape index (κ3) is 1.47. The maximum Gasteiger partial charge on any atom is 0.0618 e. The van der Waals surface area contributed by atoms with Crippen molar-refractivity contribution in [1.82, 2.24) is 0 Å². The molecule has 0 saturated carbocycles. The van der Waals surface area contributed by atoms with E-state index in [1.54, 1.807) is 11.1 Å². The minimum atomic E-state index is 0.0778. The molecular weight excluding hydrogens is 352 g/mol. The Morgan fingerprint density at radius 3 is 1.62 bits per heavy atom. The highest BCUT2D eigenvalue weighted by molar-refractivity contribution is 8.08. The zero-order valence-corrected chi connectivity index (χ0v) is 17.1. The van der Waals surface area contributed by atoms with Crippen molar-refractivity contribution in [3.63, 3.8) is 0 Å². The summed E-state index contributed by atoms with van der Waals surface area (Å²) in [4.78, 5) is 0. The van der Waals surface area contributed by atoms with E-state index >= 15 is 0 Å². The van der Waals surface area contributed by atoms with Crippen molar-refractivity contribution in [2.24, 2.45) is 0 Å². The van der Waals surface area contributed by atoms with Gasteiger partial charge in [-0.15, -0.1) is 23.5 Å². The summed E-state index contributed by atoms with van der Waals surface area (Å²) in [5.41, 5.74) is 11.9. The monoisotopic (exact) mass is 372 g/mol. The first-order chi connectivity index (χ1) is 12.5. The summed E-state index contributed by atoms with van der Waals surface area (Å²) in [6, 6.07) is 13.6. The number of rotatable bonds is 0. The zero-order valence-electron chi connectivity index (χ0n) is 15.4. The summed E-state index contributed by atoms with van der Waals surface area (Å²) in [5, 5.41) is 7.59. The van der Waals surface area contributed by atoms with E-state index < -0.39 is 0 Å². The molecule has 0 saturated heterocycles. The molecule has 0 aromatic heterocycles. The number of hydrogen-bond donors (Lipinski definition) is 0. The van der Waals surface area contributed by atoms with E-state index in [1.165, 1.54) is 44.2 Å². The van der Waals surface area contributed by atoms with Crippen LogP contribution in [-0.4, -0.2) is 9.49 Å². The average Bonchev–Trinajstić information content (AvgIpc) is 3.23. The lowest BCUT2D eigenvalue weighted by molar-refractivity contribution is 0.616. The fourth-order valence-corrected chi connectivity index (χ4v) is 8.29. The second kappa shape index (κ2) is 4.61. The summed E-state index contributed by atoms with van der Waals surface area (Å²) in [5.74, 6) is 0. The fourth-order valence-electron chi connectivity index (χ4n) is 5.52. The highest BCUT2D eigenvalue weighted by Crippen LogP contribution is 2.70. The molecule has 4 aliphatic rings. The van der Waals surface area contributed by atoms with Crippen molar-refractivity contribution >= 4 is 45.4 Å². The summed E-state index contributed by atoms with van der Waals surface area (Å²) in [6.45, 7) is 9.53. The number of thioether (sulfide) groups is 2. The van der Waals surface area contributed by atoms with Crippen molar-refractivity contribution in [2.75, 3.05) is 0 Å². The Kier molecular flexibility index (Phi) is 2.73. The molecular formula is C24H20S2. The van der Waals surface area contributed by atoms with Gasteiger partial charge >= 0.3 is 0 Å². The smallest absolute Gasteiger partial charge is 0.0618 e. The minimum Gasteiger partial charge on any atom is -0.121 e. The van der Waals surface area contributed by atoms with Gasteiger partial charge in [0.25, 0.3) is 0 Å². The molecule has 2 unspecified atom stereocenters. The number of allylic oxidation sites excluding steroid dienone is 4. The minimum absolute atomic E-state index is 0.0778. The van der Waals surface area contributed by atoms with Gasteiger partial charge in [-0.2, -0.15) is 0 Å². The second-order valence-corrected chi connectivity index (χ2v) is 10.7. The van der Waals surface area contributed by atoms with Crippen LogP contribution in [0.5, 0.6) is 0 Å². The van der Waals surface area contributed by atoms with Crippen molar-refractivity contribution < 1.29 is 0 Å². The lowest BCUT2D eigenvalue weighted by atomic mass is 9.68.